The molecule has 0 aromatic carbocycles. The van der Waals surface area contributed by atoms with Crippen LogP contribution in [0.2, 0.25) is 0 Å². The molecule has 17 heavy (non-hydrogen) atoms. The molecule has 1 saturated heterocycles. The molecule has 1 aliphatic rings. The Hall–Kier alpha value is -1.40. The third kappa shape index (κ3) is 3.28. The highest BCUT2D eigenvalue weighted by Crippen LogP contribution is 2.00. The number of nitrogens with zero attached hydrogens (tertiary/aromatic N) is 4. The van der Waals surface area contributed by atoms with Gasteiger partial charge in [-0.2, -0.15) is 5.10 Å². The molecule has 1 fully saturated rings. The number of hydrogen-bond acceptors (Lipinski definition) is 4. The van der Waals surface area contributed by atoms with E-state index in [0.717, 1.165) is 39.3 Å². The predicted molar refractivity (Wildman–Crippen MR) is 63.1 cm³/mol. The second kappa shape index (κ2) is 5.29. The van der Waals surface area contributed by atoms with Gasteiger partial charge >= 0.3 is 5.97 Å². The minimum Gasteiger partial charge on any atom is -0.476 e. The summed E-state index contributed by atoms with van der Waals surface area (Å²) in [7, 11) is 2.13. The summed E-state index contributed by atoms with van der Waals surface area (Å²) in [6.45, 7) is 6.01. The quantitative estimate of drug-likeness (QED) is 0.789. The highest BCUT2D eigenvalue weighted by Gasteiger charge is 2.13. The van der Waals surface area contributed by atoms with Crippen LogP contribution in [0.15, 0.2) is 12.3 Å². The van der Waals surface area contributed by atoms with Crippen molar-refractivity contribution in [2.45, 2.75) is 6.54 Å². The van der Waals surface area contributed by atoms with Crippen molar-refractivity contribution in [3.05, 3.63) is 18.0 Å². The first kappa shape index (κ1) is 12.1. The fourth-order valence-electron chi connectivity index (χ4n) is 1.92. The van der Waals surface area contributed by atoms with Crippen molar-refractivity contribution in [2.75, 3.05) is 39.8 Å². The summed E-state index contributed by atoms with van der Waals surface area (Å²) in [5.41, 5.74) is 0.114. The SMILES string of the molecule is CN1CCN(CCn2ccc(C(=O)O)n2)CC1. The Morgan fingerprint density at radius 3 is 2.65 bits per heavy atom. The van der Waals surface area contributed by atoms with Crippen molar-refractivity contribution < 1.29 is 9.90 Å². The molecule has 0 bridgehead atoms. The zero-order valence-corrected chi connectivity index (χ0v) is 10.0. The summed E-state index contributed by atoms with van der Waals surface area (Å²) in [5, 5.41) is 12.7. The van der Waals surface area contributed by atoms with Crippen LogP contribution in [0.3, 0.4) is 0 Å². The molecule has 94 valence electrons. The van der Waals surface area contributed by atoms with E-state index >= 15 is 0 Å². The van der Waals surface area contributed by atoms with E-state index in [9.17, 15) is 4.79 Å². The lowest BCUT2D eigenvalue weighted by Gasteiger charge is -2.32. The molecule has 0 aliphatic carbocycles. The van der Waals surface area contributed by atoms with Gasteiger partial charge in [0.1, 0.15) is 0 Å². The number of piperazine rings is 1. The van der Waals surface area contributed by atoms with E-state index in [1.165, 1.54) is 6.07 Å². The van der Waals surface area contributed by atoms with Crippen molar-refractivity contribution in [2.24, 2.45) is 0 Å². The monoisotopic (exact) mass is 238 g/mol. The molecule has 1 N–H and O–H groups in total. The minimum atomic E-state index is -0.969. The molecule has 1 aromatic rings. The summed E-state index contributed by atoms with van der Waals surface area (Å²) in [6.07, 6.45) is 1.72. The first-order valence-corrected chi connectivity index (χ1v) is 5.83. The average molecular weight is 238 g/mol. The van der Waals surface area contributed by atoms with Gasteiger partial charge in [0.15, 0.2) is 5.69 Å². The largest absolute Gasteiger partial charge is 0.476 e. The van der Waals surface area contributed by atoms with Crippen LogP contribution in [-0.4, -0.2) is 70.4 Å². The molecule has 1 aliphatic heterocycles. The summed E-state index contributed by atoms with van der Waals surface area (Å²) in [6, 6.07) is 1.53. The molecule has 2 heterocycles. The number of likely N-dealkylation sites (N-methyl/N-ethyl adjacent to an activating group) is 1. The van der Waals surface area contributed by atoms with Crippen LogP contribution in [0, 0.1) is 0 Å². The smallest absolute Gasteiger partial charge is 0.356 e. The highest BCUT2D eigenvalue weighted by atomic mass is 16.4. The van der Waals surface area contributed by atoms with Crippen molar-refractivity contribution in [3.63, 3.8) is 0 Å². The number of carboxylic acids is 1. The second-order valence-corrected chi connectivity index (χ2v) is 4.41. The molecule has 0 radical (unpaired) electrons. The van der Waals surface area contributed by atoms with Gasteiger partial charge < -0.3 is 10.0 Å². The number of hydrogen-bond donors (Lipinski definition) is 1. The van der Waals surface area contributed by atoms with E-state index in [1.54, 1.807) is 10.9 Å². The summed E-state index contributed by atoms with van der Waals surface area (Å²) in [4.78, 5) is 15.4. The molecule has 1 aromatic heterocycles. The first-order chi connectivity index (χ1) is 8.15. The lowest BCUT2D eigenvalue weighted by molar-refractivity contribution is 0.0689. The van der Waals surface area contributed by atoms with Crippen LogP contribution in [0.1, 0.15) is 10.5 Å². The maximum absolute atomic E-state index is 10.7. The van der Waals surface area contributed by atoms with Gasteiger partial charge in [-0.3, -0.25) is 9.58 Å². The van der Waals surface area contributed by atoms with Crippen LogP contribution in [-0.2, 0) is 6.54 Å². The maximum Gasteiger partial charge on any atom is 0.356 e. The third-order valence-corrected chi connectivity index (χ3v) is 3.10. The van der Waals surface area contributed by atoms with Crippen molar-refractivity contribution in [1.82, 2.24) is 19.6 Å². The fraction of sp³-hybridized carbons (Fsp3) is 0.636. The zero-order valence-electron chi connectivity index (χ0n) is 10.0. The molecule has 0 spiro atoms. The Morgan fingerprint density at radius 2 is 2.06 bits per heavy atom. The Bertz CT molecular complexity index is 383. The lowest BCUT2D eigenvalue weighted by Crippen LogP contribution is -2.45. The van der Waals surface area contributed by atoms with Gasteiger partial charge in [-0.15, -0.1) is 0 Å². The maximum atomic E-state index is 10.7. The van der Waals surface area contributed by atoms with Crippen LogP contribution in [0.5, 0.6) is 0 Å². The molecule has 2 rings (SSSR count). The molecule has 0 saturated carbocycles. The zero-order chi connectivity index (χ0) is 12.3. The molecule has 0 amide bonds. The standard InChI is InChI=1S/C11H18N4O2/c1-13-4-6-14(7-5-13)8-9-15-3-2-10(12-15)11(16)17/h2-3H,4-9H2,1H3,(H,16,17). The van der Waals surface area contributed by atoms with Crippen molar-refractivity contribution in [1.29, 1.82) is 0 Å². The topological polar surface area (TPSA) is 61.6 Å². The number of carboxylic acid groups (broad SMARTS) is 1. The number of aromatic nitrogens is 2. The van der Waals surface area contributed by atoms with E-state index < -0.39 is 5.97 Å². The normalized spacial score (nSPS) is 18.4. The first-order valence-electron chi connectivity index (χ1n) is 5.83. The Balaban J connectivity index is 1.79. The molecule has 0 unspecified atom stereocenters. The molecule has 6 heteroatoms. The predicted octanol–water partition coefficient (Wildman–Crippen LogP) is -0.171. The minimum absolute atomic E-state index is 0.114. The number of rotatable bonds is 4. The van der Waals surface area contributed by atoms with Gasteiger partial charge in [0.25, 0.3) is 0 Å². The van der Waals surface area contributed by atoms with Gasteiger partial charge in [0.05, 0.1) is 6.54 Å². The molecule has 6 nitrogen and oxygen atoms in total. The van der Waals surface area contributed by atoms with Crippen molar-refractivity contribution >= 4 is 5.97 Å². The van der Waals surface area contributed by atoms with E-state index in [0.29, 0.717) is 0 Å². The van der Waals surface area contributed by atoms with E-state index in [-0.39, 0.29) is 5.69 Å². The van der Waals surface area contributed by atoms with Crippen LogP contribution >= 0.6 is 0 Å². The summed E-state index contributed by atoms with van der Waals surface area (Å²) >= 11 is 0. The third-order valence-electron chi connectivity index (χ3n) is 3.10. The molecule has 0 atom stereocenters. The van der Waals surface area contributed by atoms with Gasteiger partial charge in [-0.05, 0) is 13.1 Å². The van der Waals surface area contributed by atoms with E-state index in [2.05, 4.69) is 21.9 Å². The Labute approximate surface area is 100 Å². The van der Waals surface area contributed by atoms with Crippen LogP contribution in [0.4, 0.5) is 0 Å². The lowest BCUT2D eigenvalue weighted by atomic mass is 10.3. The Kier molecular flexibility index (Phi) is 3.75. The van der Waals surface area contributed by atoms with Gasteiger partial charge in [0, 0.05) is 38.9 Å². The fourth-order valence-corrected chi connectivity index (χ4v) is 1.92. The van der Waals surface area contributed by atoms with Gasteiger partial charge in [-0.25, -0.2) is 4.79 Å². The number of aromatic carboxylic acids is 1. The van der Waals surface area contributed by atoms with E-state index in [1.807, 2.05) is 0 Å². The summed E-state index contributed by atoms with van der Waals surface area (Å²) in [5.74, 6) is -0.969. The van der Waals surface area contributed by atoms with Gasteiger partial charge in [-0.1, -0.05) is 0 Å². The highest BCUT2D eigenvalue weighted by molar-refractivity contribution is 5.84. The Morgan fingerprint density at radius 1 is 1.35 bits per heavy atom. The van der Waals surface area contributed by atoms with Crippen LogP contribution < -0.4 is 0 Å². The van der Waals surface area contributed by atoms with Gasteiger partial charge in [0.2, 0.25) is 0 Å². The average Bonchev–Trinajstić information content (AvgIpc) is 2.77. The van der Waals surface area contributed by atoms with E-state index in [4.69, 9.17) is 5.11 Å². The molecular weight excluding hydrogens is 220 g/mol. The molecular formula is C11H18N4O2. The second-order valence-electron chi connectivity index (χ2n) is 4.41. The van der Waals surface area contributed by atoms with Crippen molar-refractivity contribution in [3.8, 4) is 0 Å². The summed E-state index contributed by atoms with van der Waals surface area (Å²) < 4.78 is 1.70. The van der Waals surface area contributed by atoms with Crippen LogP contribution in [0.25, 0.3) is 0 Å². The number of carbonyl (C=O) groups is 1.